The van der Waals surface area contributed by atoms with Gasteiger partial charge in [-0.05, 0) is 37.1 Å². The minimum Gasteiger partial charge on any atom is -0.497 e. The van der Waals surface area contributed by atoms with Crippen molar-refractivity contribution in [3.8, 4) is 17.0 Å². The molecule has 1 saturated carbocycles. The summed E-state index contributed by atoms with van der Waals surface area (Å²) < 4.78 is 5.46. The predicted molar refractivity (Wildman–Crippen MR) is 111 cm³/mol. The number of rotatable bonds is 4. The minimum atomic E-state index is -0.334. The molecule has 1 heterocycles. The van der Waals surface area contributed by atoms with Gasteiger partial charge < -0.3 is 15.2 Å². The molecule has 2 atom stereocenters. The molecule has 1 aliphatic carbocycles. The second-order valence-corrected chi connectivity index (χ2v) is 7.49. The molecule has 2 N–H and O–H groups in total. The molecular weight excluding hydrogens is 360 g/mol. The summed E-state index contributed by atoms with van der Waals surface area (Å²) >= 11 is 6.01. The van der Waals surface area contributed by atoms with Crippen LogP contribution in [0.5, 0.6) is 5.75 Å². The molecule has 0 amide bonds. The highest BCUT2D eigenvalue weighted by Crippen LogP contribution is 2.33. The Balaban J connectivity index is 1.77. The van der Waals surface area contributed by atoms with Crippen molar-refractivity contribution in [2.45, 2.75) is 37.8 Å². The lowest BCUT2D eigenvalue weighted by atomic mass is 9.92. The monoisotopic (exact) mass is 382 g/mol. The lowest BCUT2D eigenvalue weighted by Crippen LogP contribution is -2.36. The van der Waals surface area contributed by atoms with Crippen LogP contribution in [0.2, 0.25) is 5.02 Å². The maximum Gasteiger partial charge on any atom is 0.121 e. The Kier molecular flexibility index (Phi) is 5.19. The maximum absolute atomic E-state index is 10.4. The molecule has 1 aromatic heterocycles. The van der Waals surface area contributed by atoms with Crippen molar-refractivity contribution in [3.05, 3.63) is 53.6 Å². The number of aliphatic hydroxyl groups excluding tert-OH is 1. The second kappa shape index (κ2) is 7.75. The number of methoxy groups -OCH3 is 1. The van der Waals surface area contributed by atoms with Crippen LogP contribution in [0.3, 0.4) is 0 Å². The first-order valence-electron chi connectivity index (χ1n) is 9.33. The zero-order valence-corrected chi connectivity index (χ0v) is 16.0. The van der Waals surface area contributed by atoms with Crippen molar-refractivity contribution in [3.63, 3.8) is 0 Å². The van der Waals surface area contributed by atoms with Crippen LogP contribution in [0.25, 0.3) is 22.2 Å². The largest absolute Gasteiger partial charge is 0.497 e. The highest BCUT2D eigenvalue weighted by molar-refractivity contribution is 6.30. The third-order valence-corrected chi connectivity index (χ3v) is 5.46. The van der Waals surface area contributed by atoms with Gasteiger partial charge in [0.05, 0.1) is 36.2 Å². The number of hydrogen-bond acceptors (Lipinski definition) is 4. The Bertz CT molecular complexity index is 943. The van der Waals surface area contributed by atoms with Gasteiger partial charge in [0, 0.05) is 22.0 Å². The standard InChI is InChI=1S/C22H23ClN2O2/c1-27-17-12-15-8-11-18(14-6-9-16(23)10-7-14)25-22(15)20(13-17)24-19-4-2-3-5-21(19)26/h6-13,19,21,24,26H,2-5H2,1H3/t19-,21-/m0/s1. The number of anilines is 1. The number of hydrogen-bond donors (Lipinski definition) is 2. The molecule has 1 aliphatic rings. The van der Waals surface area contributed by atoms with Gasteiger partial charge in [-0.3, -0.25) is 0 Å². The van der Waals surface area contributed by atoms with E-state index in [0.29, 0.717) is 5.02 Å². The van der Waals surface area contributed by atoms with Gasteiger partial charge in [-0.15, -0.1) is 0 Å². The molecule has 0 radical (unpaired) electrons. The van der Waals surface area contributed by atoms with Gasteiger partial charge in [-0.2, -0.15) is 0 Å². The van der Waals surface area contributed by atoms with Gasteiger partial charge in [-0.25, -0.2) is 4.98 Å². The van der Waals surface area contributed by atoms with E-state index in [1.807, 2.05) is 42.5 Å². The fraction of sp³-hybridized carbons (Fsp3) is 0.318. The summed E-state index contributed by atoms with van der Waals surface area (Å²) in [5.41, 5.74) is 3.67. The molecule has 140 valence electrons. The summed E-state index contributed by atoms with van der Waals surface area (Å²) in [5.74, 6) is 0.774. The molecule has 27 heavy (non-hydrogen) atoms. The zero-order valence-electron chi connectivity index (χ0n) is 15.3. The van der Waals surface area contributed by atoms with Gasteiger partial charge in [0.25, 0.3) is 0 Å². The number of halogens is 1. The van der Waals surface area contributed by atoms with Gasteiger partial charge in [0.15, 0.2) is 0 Å². The fourth-order valence-electron chi connectivity index (χ4n) is 3.70. The smallest absolute Gasteiger partial charge is 0.121 e. The van der Waals surface area contributed by atoms with Crippen LogP contribution >= 0.6 is 11.6 Å². The molecule has 5 heteroatoms. The van der Waals surface area contributed by atoms with Crippen molar-refractivity contribution in [2.75, 3.05) is 12.4 Å². The van der Waals surface area contributed by atoms with Gasteiger partial charge >= 0.3 is 0 Å². The topological polar surface area (TPSA) is 54.4 Å². The van der Waals surface area contributed by atoms with E-state index in [-0.39, 0.29) is 12.1 Å². The van der Waals surface area contributed by atoms with E-state index in [9.17, 15) is 5.11 Å². The molecule has 0 aliphatic heterocycles. The molecule has 3 aromatic rings. The van der Waals surface area contributed by atoms with E-state index in [1.54, 1.807) is 7.11 Å². The Hall–Kier alpha value is -2.30. The second-order valence-electron chi connectivity index (χ2n) is 7.05. The van der Waals surface area contributed by atoms with Crippen molar-refractivity contribution in [1.82, 2.24) is 4.98 Å². The summed E-state index contributed by atoms with van der Waals surface area (Å²) in [6.45, 7) is 0. The normalized spacial score (nSPS) is 19.8. The lowest BCUT2D eigenvalue weighted by Gasteiger charge is -2.29. The summed E-state index contributed by atoms with van der Waals surface area (Å²) in [6.07, 6.45) is 3.66. The molecule has 0 unspecified atom stereocenters. The predicted octanol–water partition coefficient (Wildman–Crippen LogP) is 5.28. The highest BCUT2D eigenvalue weighted by atomic mass is 35.5. The number of aliphatic hydroxyl groups is 1. The van der Waals surface area contributed by atoms with Crippen molar-refractivity contribution in [1.29, 1.82) is 0 Å². The summed E-state index contributed by atoms with van der Waals surface area (Å²) in [4.78, 5) is 4.90. The average molecular weight is 383 g/mol. The van der Waals surface area contributed by atoms with Gasteiger partial charge in [-0.1, -0.05) is 42.6 Å². The van der Waals surface area contributed by atoms with E-state index >= 15 is 0 Å². The first kappa shape index (κ1) is 18.1. The number of nitrogens with one attached hydrogen (secondary N) is 1. The number of pyridine rings is 1. The molecule has 4 nitrogen and oxygen atoms in total. The Labute approximate surface area is 164 Å². The maximum atomic E-state index is 10.4. The number of fused-ring (bicyclic) bond motifs is 1. The number of nitrogens with zero attached hydrogens (tertiary/aromatic N) is 1. The van der Waals surface area contributed by atoms with Crippen LogP contribution in [0.1, 0.15) is 25.7 Å². The number of benzene rings is 2. The van der Waals surface area contributed by atoms with E-state index in [2.05, 4.69) is 11.4 Å². The molecule has 0 saturated heterocycles. The van der Waals surface area contributed by atoms with E-state index in [1.165, 1.54) is 0 Å². The molecule has 0 bridgehead atoms. The first-order valence-corrected chi connectivity index (χ1v) is 9.71. The summed E-state index contributed by atoms with van der Waals surface area (Å²) in [7, 11) is 1.66. The number of aromatic nitrogens is 1. The summed E-state index contributed by atoms with van der Waals surface area (Å²) in [6, 6.07) is 15.7. The molecule has 0 spiro atoms. The molecular formula is C22H23ClN2O2. The zero-order chi connectivity index (χ0) is 18.8. The molecule has 1 fully saturated rings. The molecule has 2 aromatic carbocycles. The quantitative estimate of drug-likeness (QED) is 0.644. The lowest BCUT2D eigenvalue weighted by molar-refractivity contribution is 0.116. The van der Waals surface area contributed by atoms with Crippen LogP contribution < -0.4 is 10.1 Å². The SMILES string of the molecule is COc1cc(N[C@H]2CCCC[C@@H]2O)c2nc(-c3ccc(Cl)cc3)ccc2c1. The number of ether oxygens (including phenoxy) is 1. The van der Waals surface area contributed by atoms with Crippen LogP contribution in [0.15, 0.2) is 48.5 Å². The van der Waals surface area contributed by atoms with Crippen molar-refractivity contribution >= 4 is 28.2 Å². The van der Waals surface area contributed by atoms with Crippen molar-refractivity contribution in [2.24, 2.45) is 0 Å². The van der Waals surface area contributed by atoms with Crippen LogP contribution in [0.4, 0.5) is 5.69 Å². The van der Waals surface area contributed by atoms with E-state index < -0.39 is 0 Å². The van der Waals surface area contributed by atoms with Crippen LogP contribution in [-0.4, -0.2) is 29.3 Å². The first-order chi connectivity index (χ1) is 13.1. The van der Waals surface area contributed by atoms with Crippen LogP contribution in [0, 0.1) is 0 Å². The Morgan fingerprint density at radius 1 is 1.07 bits per heavy atom. The third kappa shape index (κ3) is 3.87. The van der Waals surface area contributed by atoms with Gasteiger partial charge in [0.1, 0.15) is 5.75 Å². The van der Waals surface area contributed by atoms with Crippen molar-refractivity contribution < 1.29 is 9.84 Å². The van der Waals surface area contributed by atoms with E-state index in [4.69, 9.17) is 21.3 Å². The van der Waals surface area contributed by atoms with Gasteiger partial charge in [0.2, 0.25) is 0 Å². The third-order valence-electron chi connectivity index (χ3n) is 5.21. The average Bonchev–Trinajstić information content (AvgIpc) is 2.70. The molecule has 4 rings (SSSR count). The highest BCUT2D eigenvalue weighted by Gasteiger charge is 2.23. The Morgan fingerprint density at radius 3 is 2.59 bits per heavy atom. The Morgan fingerprint density at radius 2 is 1.85 bits per heavy atom. The van der Waals surface area contributed by atoms with Crippen LogP contribution in [-0.2, 0) is 0 Å². The van der Waals surface area contributed by atoms with E-state index in [0.717, 1.165) is 59.3 Å². The fourth-order valence-corrected chi connectivity index (χ4v) is 3.82. The minimum absolute atomic E-state index is 0.0371. The summed E-state index contributed by atoms with van der Waals surface area (Å²) in [5, 5.41) is 15.6.